The molecule has 1 heterocycles. The lowest BCUT2D eigenvalue weighted by Gasteiger charge is -2.17. The van der Waals surface area contributed by atoms with Crippen LogP contribution in [0.4, 0.5) is 5.69 Å². The summed E-state index contributed by atoms with van der Waals surface area (Å²) in [5.74, 6) is 0.116. The first kappa shape index (κ1) is 13.6. The molecule has 106 valence electrons. The summed E-state index contributed by atoms with van der Waals surface area (Å²) in [6.45, 7) is 4.51. The van der Waals surface area contributed by atoms with E-state index in [1.165, 1.54) is 16.7 Å². The van der Waals surface area contributed by atoms with Crippen molar-refractivity contribution in [2.75, 3.05) is 11.4 Å². The molecule has 0 bridgehead atoms. The maximum Gasteiger partial charge on any atom is 0.223 e. The fourth-order valence-electron chi connectivity index (χ4n) is 2.80. The Morgan fingerprint density at radius 3 is 2.57 bits per heavy atom. The molecule has 1 amide bonds. The van der Waals surface area contributed by atoms with Crippen LogP contribution in [0.2, 0.25) is 0 Å². The zero-order valence-electron chi connectivity index (χ0n) is 12.5. The molecule has 1 aliphatic rings. The van der Waals surface area contributed by atoms with Crippen molar-refractivity contribution in [2.24, 2.45) is 0 Å². The molecule has 2 aromatic rings. The number of amides is 1. The third-order valence-electron chi connectivity index (χ3n) is 3.94. The first-order chi connectivity index (χ1) is 10.1. The van der Waals surface area contributed by atoms with Crippen molar-refractivity contribution < 1.29 is 4.79 Å². The van der Waals surface area contributed by atoms with Crippen molar-refractivity contribution in [3.63, 3.8) is 0 Å². The van der Waals surface area contributed by atoms with Crippen LogP contribution in [0.3, 0.4) is 0 Å². The van der Waals surface area contributed by atoms with E-state index in [9.17, 15) is 4.79 Å². The van der Waals surface area contributed by atoms with Crippen LogP contribution in [0.1, 0.15) is 29.2 Å². The second-order valence-corrected chi connectivity index (χ2v) is 5.52. The number of anilines is 1. The molecule has 21 heavy (non-hydrogen) atoms. The van der Waals surface area contributed by atoms with Crippen LogP contribution in [0.5, 0.6) is 0 Å². The number of carbonyl (C=O) groups excluding carboxylic acids is 1. The number of aryl methyl sites for hydroxylation is 1. The van der Waals surface area contributed by atoms with Crippen LogP contribution in [0.15, 0.2) is 42.5 Å². The second kappa shape index (κ2) is 5.57. The maximum atomic E-state index is 11.8. The first-order valence-electron chi connectivity index (χ1n) is 7.30. The van der Waals surface area contributed by atoms with Crippen LogP contribution < -0.4 is 4.90 Å². The minimum atomic E-state index is 0.116. The minimum absolute atomic E-state index is 0.116. The standard InChI is InChI=1S/C19H19NO/c1-14-6-8-16(9-7-14)10-11-17-4-3-5-18-12-13-20(15(2)21)19(17)18/h3-11H,12-13H2,1-2H3/b11-10+. The van der Waals surface area contributed by atoms with Gasteiger partial charge < -0.3 is 4.90 Å². The average Bonchev–Trinajstić information content (AvgIpc) is 2.91. The Hall–Kier alpha value is -2.35. The van der Waals surface area contributed by atoms with E-state index >= 15 is 0 Å². The van der Waals surface area contributed by atoms with Crippen LogP contribution in [0.25, 0.3) is 12.2 Å². The summed E-state index contributed by atoms with van der Waals surface area (Å²) < 4.78 is 0. The number of carbonyl (C=O) groups is 1. The van der Waals surface area contributed by atoms with Gasteiger partial charge in [0.15, 0.2) is 0 Å². The number of para-hydroxylation sites is 1. The Balaban J connectivity index is 1.95. The van der Waals surface area contributed by atoms with Crippen molar-refractivity contribution in [3.8, 4) is 0 Å². The van der Waals surface area contributed by atoms with Crippen LogP contribution in [-0.4, -0.2) is 12.5 Å². The second-order valence-electron chi connectivity index (χ2n) is 5.52. The summed E-state index contributed by atoms with van der Waals surface area (Å²) in [6.07, 6.45) is 5.15. The van der Waals surface area contributed by atoms with E-state index in [0.29, 0.717) is 0 Å². The largest absolute Gasteiger partial charge is 0.311 e. The van der Waals surface area contributed by atoms with Gasteiger partial charge in [-0.05, 0) is 30.0 Å². The lowest BCUT2D eigenvalue weighted by Crippen LogP contribution is -2.26. The van der Waals surface area contributed by atoms with Gasteiger partial charge in [0.2, 0.25) is 5.91 Å². The van der Waals surface area contributed by atoms with Gasteiger partial charge in [0.25, 0.3) is 0 Å². The van der Waals surface area contributed by atoms with Crippen LogP contribution >= 0.6 is 0 Å². The third kappa shape index (κ3) is 2.75. The molecule has 0 N–H and O–H groups in total. The lowest BCUT2D eigenvalue weighted by molar-refractivity contribution is -0.116. The van der Waals surface area contributed by atoms with Gasteiger partial charge in [0.05, 0.1) is 5.69 Å². The number of hydrogen-bond donors (Lipinski definition) is 0. The highest BCUT2D eigenvalue weighted by Crippen LogP contribution is 2.33. The zero-order chi connectivity index (χ0) is 14.8. The van der Waals surface area contributed by atoms with E-state index in [2.05, 4.69) is 61.5 Å². The summed E-state index contributed by atoms with van der Waals surface area (Å²) >= 11 is 0. The normalized spacial score (nSPS) is 13.7. The Morgan fingerprint density at radius 2 is 1.86 bits per heavy atom. The van der Waals surface area contributed by atoms with E-state index in [1.807, 2.05) is 4.90 Å². The van der Waals surface area contributed by atoms with Crippen molar-refractivity contribution in [1.29, 1.82) is 0 Å². The third-order valence-corrected chi connectivity index (χ3v) is 3.94. The number of benzene rings is 2. The van der Waals surface area contributed by atoms with Gasteiger partial charge in [-0.25, -0.2) is 0 Å². The molecule has 0 atom stereocenters. The summed E-state index contributed by atoms with van der Waals surface area (Å²) in [6, 6.07) is 14.7. The smallest absolute Gasteiger partial charge is 0.223 e. The van der Waals surface area contributed by atoms with E-state index < -0.39 is 0 Å². The fraction of sp³-hybridized carbons (Fsp3) is 0.211. The first-order valence-corrected chi connectivity index (χ1v) is 7.30. The molecule has 0 spiro atoms. The topological polar surface area (TPSA) is 20.3 Å². The highest BCUT2D eigenvalue weighted by molar-refractivity contribution is 5.97. The molecule has 0 aromatic heterocycles. The van der Waals surface area contributed by atoms with Crippen molar-refractivity contribution >= 4 is 23.7 Å². The zero-order valence-corrected chi connectivity index (χ0v) is 12.5. The van der Waals surface area contributed by atoms with Crippen LogP contribution in [-0.2, 0) is 11.2 Å². The summed E-state index contributed by atoms with van der Waals surface area (Å²) in [5, 5.41) is 0. The monoisotopic (exact) mass is 277 g/mol. The number of fused-ring (bicyclic) bond motifs is 1. The molecule has 0 fully saturated rings. The fourth-order valence-corrected chi connectivity index (χ4v) is 2.80. The molecule has 2 nitrogen and oxygen atoms in total. The van der Waals surface area contributed by atoms with Gasteiger partial charge >= 0.3 is 0 Å². The van der Waals surface area contributed by atoms with Crippen molar-refractivity contribution in [1.82, 2.24) is 0 Å². The van der Waals surface area contributed by atoms with E-state index in [0.717, 1.165) is 24.2 Å². The Kier molecular flexibility index (Phi) is 3.61. The summed E-state index contributed by atoms with van der Waals surface area (Å²) in [4.78, 5) is 13.7. The SMILES string of the molecule is CC(=O)N1CCc2cccc(/C=C/c3ccc(C)cc3)c21. The average molecular weight is 277 g/mol. The van der Waals surface area contributed by atoms with E-state index in [-0.39, 0.29) is 5.91 Å². The van der Waals surface area contributed by atoms with Gasteiger partial charge in [0, 0.05) is 13.5 Å². The molecule has 0 saturated carbocycles. The highest BCUT2D eigenvalue weighted by Gasteiger charge is 2.23. The maximum absolute atomic E-state index is 11.8. The summed E-state index contributed by atoms with van der Waals surface area (Å²) in [5.41, 5.74) is 5.88. The molecule has 0 radical (unpaired) electrons. The Bertz CT molecular complexity index is 698. The molecule has 0 aliphatic carbocycles. The molecule has 2 heteroatoms. The van der Waals surface area contributed by atoms with Gasteiger partial charge in [-0.3, -0.25) is 4.79 Å². The molecular weight excluding hydrogens is 258 g/mol. The quantitative estimate of drug-likeness (QED) is 0.758. The van der Waals surface area contributed by atoms with Crippen molar-refractivity contribution in [2.45, 2.75) is 20.3 Å². The predicted molar refractivity (Wildman–Crippen MR) is 88.3 cm³/mol. The highest BCUT2D eigenvalue weighted by atomic mass is 16.2. The predicted octanol–water partition coefficient (Wildman–Crippen LogP) is 4.07. The molecule has 3 rings (SSSR count). The Morgan fingerprint density at radius 1 is 1.10 bits per heavy atom. The molecular formula is C19H19NO. The lowest BCUT2D eigenvalue weighted by atomic mass is 10.1. The molecule has 0 unspecified atom stereocenters. The van der Waals surface area contributed by atoms with E-state index in [1.54, 1.807) is 6.92 Å². The molecule has 1 aliphatic heterocycles. The van der Waals surface area contributed by atoms with Crippen molar-refractivity contribution in [3.05, 3.63) is 64.7 Å². The molecule has 2 aromatic carbocycles. The van der Waals surface area contributed by atoms with Gasteiger partial charge in [-0.2, -0.15) is 0 Å². The number of hydrogen-bond acceptors (Lipinski definition) is 1. The summed E-state index contributed by atoms with van der Waals surface area (Å²) in [7, 11) is 0. The minimum Gasteiger partial charge on any atom is -0.311 e. The van der Waals surface area contributed by atoms with Crippen LogP contribution in [0, 0.1) is 6.92 Å². The number of nitrogens with zero attached hydrogens (tertiary/aromatic N) is 1. The van der Waals surface area contributed by atoms with Gasteiger partial charge in [-0.15, -0.1) is 0 Å². The molecule has 0 saturated heterocycles. The number of rotatable bonds is 2. The van der Waals surface area contributed by atoms with Gasteiger partial charge in [0.1, 0.15) is 0 Å². The Labute approximate surface area is 125 Å². The van der Waals surface area contributed by atoms with E-state index in [4.69, 9.17) is 0 Å². The van der Waals surface area contributed by atoms with Gasteiger partial charge in [-0.1, -0.05) is 60.2 Å².